The fourth-order valence-corrected chi connectivity index (χ4v) is 1.88. The number of nitrogens with two attached hydrogens (primary N) is 1. The zero-order valence-electron chi connectivity index (χ0n) is 13.7. The lowest BCUT2D eigenvalue weighted by atomic mass is 10.3. The van der Waals surface area contributed by atoms with Crippen molar-refractivity contribution < 1.29 is 9.47 Å². The van der Waals surface area contributed by atoms with E-state index in [1.807, 2.05) is 19.1 Å². The second-order valence-corrected chi connectivity index (χ2v) is 5.44. The monoisotopic (exact) mass is 434 g/mol. The maximum absolute atomic E-state index is 5.83. The molecule has 0 bridgehead atoms. The van der Waals surface area contributed by atoms with Crippen molar-refractivity contribution in [1.82, 2.24) is 10.3 Å². The van der Waals surface area contributed by atoms with Crippen LogP contribution in [0.1, 0.15) is 31.7 Å². The molecule has 0 saturated heterocycles. The quantitative estimate of drug-likeness (QED) is 0.256. The second kappa shape index (κ2) is 11.4. The van der Waals surface area contributed by atoms with Crippen molar-refractivity contribution in [1.29, 1.82) is 0 Å². The summed E-state index contributed by atoms with van der Waals surface area (Å²) in [7, 11) is 0. The standard InChI is InChI=1S/C16H26N4O2.HI/c1-2-21-9-3-7-19-16(17)20-11-14-6-8-18-15(10-14)22-12-13-4-5-13;/h6,8,10,13H,2-5,7,9,11-12H2,1H3,(H3,17,19,20);1H. The second-order valence-electron chi connectivity index (χ2n) is 5.44. The van der Waals surface area contributed by atoms with Gasteiger partial charge in [-0.2, -0.15) is 0 Å². The number of halogens is 1. The van der Waals surface area contributed by atoms with Gasteiger partial charge in [0.1, 0.15) is 0 Å². The smallest absolute Gasteiger partial charge is 0.213 e. The Labute approximate surface area is 155 Å². The first-order chi connectivity index (χ1) is 10.8. The Morgan fingerprint density at radius 3 is 3.04 bits per heavy atom. The van der Waals surface area contributed by atoms with Crippen molar-refractivity contribution in [2.75, 3.05) is 26.4 Å². The molecule has 1 fully saturated rings. The van der Waals surface area contributed by atoms with Crippen LogP contribution in [0.25, 0.3) is 0 Å². The van der Waals surface area contributed by atoms with Gasteiger partial charge in [-0.1, -0.05) is 0 Å². The minimum atomic E-state index is 0. The molecule has 1 aliphatic rings. The zero-order chi connectivity index (χ0) is 15.6. The fourth-order valence-electron chi connectivity index (χ4n) is 1.88. The molecule has 1 aromatic heterocycles. The largest absolute Gasteiger partial charge is 0.477 e. The predicted molar refractivity (Wildman–Crippen MR) is 102 cm³/mol. The van der Waals surface area contributed by atoms with Crippen LogP contribution in [-0.4, -0.2) is 37.3 Å². The first-order valence-electron chi connectivity index (χ1n) is 7.97. The molecule has 1 aromatic rings. The number of guanidine groups is 1. The minimum Gasteiger partial charge on any atom is -0.477 e. The van der Waals surface area contributed by atoms with Crippen molar-refractivity contribution in [2.24, 2.45) is 16.6 Å². The van der Waals surface area contributed by atoms with Crippen LogP contribution >= 0.6 is 24.0 Å². The summed E-state index contributed by atoms with van der Waals surface area (Å²) in [5.74, 6) is 1.84. The molecule has 0 aliphatic heterocycles. The van der Waals surface area contributed by atoms with Gasteiger partial charge in [0, 0.05) is 32.0 Å². The number of pyridine rings is 1. The molecule has 0 atom stereocenters. The Hall–Kier alpha value is -1.09. The number of rotatable bonds is 10. The highest BCUT2D eigenvalue weighted by Crippen LogP contribution is 2.29. The van der Waals surface area contributed by atoms with E-state index in [0.29, 0.717) is 18.4 Å². The summed E-state index contributed by atoms with van der Waals surface area (Å²) in [5, 5.41) is 3.08. The van der Waals surface area contributed by atoms with E-state index in [-0.39, 0.29) is 24.0 Å². The minimum absolute atomic E-state index is 0. The molecule has 2 rings (SSSR count). The third-order valence-electron chi connectivity index (χ3n) is 3.37. The lowest BCUT2D eigenvalue weighted by Gasteiger charge is -2.07. The number of nitrogens with zero attached hydrogens (tertiary/aromatic N) is 2. The molecule has 0 unspecified atom stereocenters. The molecule has 0 amide bonds. The molecule has 0 spiro atoms. The van der Waals surface area contributed by atoms with Crippen LogP contribution in [0, 0.1) is 5.92 Å². The highest BCUT2D eigenvalue weighted by molar-refractivity contribution is 14.0. The maximum atomic E-state index is 5.83. The van der Waals surface area contributed by atoms with Crippen LogP contribution in [-0.2, 0) is 11.3 Å². The van der Waals surface area contributed by atoms with Crippen molar-refractivity contribution in [3.8, 4) is 5.88 Å². The average molecular weight is 434 g/mol. The summed E-state index contributed by atoms with van der Waals surface area (Å²) < 4.78 is 10.9. The van der Waals surface area contributed by atoms with E-state index in [2.05, 4.69) is 15.3 Å². The molecular formula is C16H27IN4O2. The Bertz CT molecular complexity index is 481. The van der Waals surface area contributed by atoms with E-state index in [4.69, 9.17) is 15.2 Å². The van der Waals surface area contributed by atoms with Gasteiger partial charge in [0.15, 0.2) is 5.96 Å². The SMILES string of the molecule is CCOCCCNC(N)=NCc1ccnc(OCC2CC2)c1.I. The molecular weight excluding hydrogens is 407 g/mol. The van der Waals surface area contributed by atoms with Gasteiger partial charge in [-0.05, 0) is 43.7 Å². The van der Waals surface area contributed by atoms with Gasteiger partial charge in [-0.3, -0.25) is 0 Å². The number of aromatic nitrogens is 1. The Balaban J connectivity index is 0.00000264. The van der Waals surface area contributed by atoms with Crippen LogP contribution in [0.3, 0.4) is 0 Å². The van der Waals surface area contributed by atoms with Gasteiger partial charge in [0.05, 0.1) is 13.2 Å². The van der Waals surface area contributed by atoms with Crippen LogP contribution in [0.15, 0.2) is 23.3 Å². The van der Waals surface area contributed by atoms with Gasteiger partial charge < -0.3 is 20.5 Å². The number of hydrogen-bond acceptors (Lipinski definition) is 4. The Morgan fingerprint density at radius 1 is 1.48 bits per heavy atom. The molecule has 1 heterocycles. The van der Waals surface area contributed by atoms with Crippen molar-refractivity contribution >= 4 is 29.9 Å². The third kappa shape index (κ3) is 8.95. The Morgan fingerprint density at radius 2 is 2.30 bits per heavy atom. The van der Waals surface area contributed by atoms with Crippen LogP contribution < -0.4 is 15.8 Å². The predicted octanol–water partition coefficient (Wildman–Crippen LogP) is 2.32. The zero-order valence-corrected chi connectivity index (χ0v) is 16.0. The van der Waals surface area contributed by atoms with Gasteiger partial charge >= 0.3 is 0 Å². The number of nitrogens with one attached hydrogen (secondary N) is 1. The van der Waals surface area contributed by atoms with Crippen molar-refractivity contribution in [3.05, 3.63) is 23.9 Å². The summed E-state index contributed by atoms with van der Waals surface area (Å²) in [4.78, 5) is 8.53. The van der Waals surface area contributed by atoms with E-state index < -0.39 is 0 Å². The number of aliphatic imine (C=N–C) groups is 1. The maximum Gasteiger partial charge on any atom is 0.213 e. The lowest BCUT2D eigenvalue weighted by molar-refractivity contribution is 0.145. The molecule has 7 heteroatoms. The van der Waals surface area contributed by atoms with E-state index in [1.54, 1.807) is 6.20 Å². The highest BCUT2D eigenvalue weighted by atomic mass is 127. The molecule has 1 aliphatic carbocycles. The summed E-state index contributed by atoms with van der Waals surface area (Å²) in [6.45, 7) is 5.53. The van der Waals surface area contributed by atoms with Crippen LogP contribution in [0.5, 0.6) is 5.88 Å². The van der Waals surface area contributed by atoms with Crippen molar-refractivity contribution in [3.63, 3.8) is 0 Å². The van der Waals surface area contributed by atoms with Crippen LogP contribution in [0.4, 0.5) is 0 Å². The molecule has 3 N–H and O–H groups in total. The fraction of sp³-hybridized carbons (Fsp3) is 0.625. The first kappa shape index (κ1) is 20.0. The van der Waals surface area contributed by atoms with E-state index >= 15 is 0 Å². The summed E-state index contributed by atoms with van der Waals surface area (Å²) in [6.07, 6.45) is 5.21. The van der Waals surface area contributed by atoms with E-state index in [1.165, 1.54) is 12.8 Å². The summed E-state index contributed by atoms with van der Waals surface area (Å²) >= 11 is 0. The average Bonchev–Trinajstić information content (AvgIpc) is 3.35. The summed E-state index contributed by atoms with van der Waals surface area (Å²) in [6, 6.07) is 3.85. The Kier molecular flexibility index (Phi) is 9.93. The molecule has 23 heavy (non-hydrogen) atoms. The lowest BCUT2D eigenvalue weighted by Crippen LogP contribution is -2.32. The van der Waals surface area contributed by atoms with E-state index in [9.17, 15) is 0 Å². The number of ether oxygens (including phenoxy) is 2. The highest BCUT2D eigenvalue weighted by Gasteiger charge is 2.22. The van der Waals surface area contributed by atoms with Gasteiger partial charge in [-0.15, -0.1) is 24.0 Å². The molecule has 0 aromatic carbocycles. The topological polar surface area (TPSA) is 81.8 Å². The van der Waals surface area contributed by atoms with Crippen molar-refractivity contribution in [2.45, 2.75) is 32.7 Å². The summed E-state index contributed by atoms with van der Waals surface area (Å²) in [5.41, 5.74) is 6.87. The molecule has 0 radical (unpaired) electrons. The number of hydrogen-bond donors (Lipinski definition) is 2. The van der Waals surface area contributed by atoms with Gasteiger partial charge in [0.2, 0.25) is 5.88 Å². The molecule has 1 saturated carbocycles. The van der Waals surface area contributed by atoms with E-state index in [0.717, 1.165) is 44.3 Å². The first-order valence-corrected chi connectivity index (χ1v) is 7.97. The van der Waals surface area contributed by atoms with Gasteiger partial charge in [0.25, 0.3) is 0 Å². The normalized spacial score (nSPS) is 14.2. The molecule has 6 nitrogen and oxygen atoms in total. The van der Waals surface area contributed by atoms with Gasteiger partial charge in [-0.25, -0.2) is 9.98 Å². The molecule has 130 valence electrons. The van der Waals surface area contributed by atoms with Crippen LogP contribution in [0.2, 0.25) is 0 Å². The third-order valence-corrected chi connectivity index (χ3v) is 3.37.